The molecule has 0 unspecified atom stereocenters. The Morgan fingerprint density at radius 1 is 1.05 bits per heavy atom. The average molecular weight is 316 g/mol. The Hall–Kier alpha value is -1.98. The number of benzene rings is 1. The second kappa shape index (κ2) is 5.79. The molecule has 0 aliphatic heterocycles. The average Bonchev–Trinajstić information content (AvgIpc) is 3.12. The molecule has 2 aromatic heterocycles. The normalized spacial score (nSPS) is 10.7. The van der Waals surface area contributed by atoms with Crippen molar-refractivity contribution >= 4 is 44.5 Å². The third-order valence-corrected chi connectivity index (χ3v) is 5.28. The van der Waals surface area contributed by atoms with Gasteiger partial charge in [0.05, 0.1) is 23.3 Å². The quantitative estimate of drug-likeness (QED) is 0.541. The zero-order valence-corrected chi connectivity index (χ0v) is 12.9. The summed E-state index contributed by atoms with van der Waals surface area (Å²) >= 11 is 2.84. The highest BCUT2D eigenvalue weighted by atomic mass is 32.1. The van der Waals surface area contributed by atoms with Crippen LogP contribution in [0.3, 0.4) is 0 Å². The SMILES string of the molecule is COC(=O)Cc1ccc(C(=O)c2cc3ccccc3s2)s1. The van der Waals surface area contributed by atoms with E-state index in [1.54, 1.807) is 6.07 Å². The maximum Gasteiger partial charge on any atom is 0.310 e. The Labute approximate surface area is 129 Å². The number of ether oxygens (including phenoxy) is 1. The molecule has 0 saturated carbocycles. The summed E-state index contributed by atoms with van der Waals surface area (Å²) in [6.07, 6.45) is 0.209. The van der Waals surface area contributed by atoms with Crippen molar-refractivity contribution in [3.05, 3.63) is 57.1 Å². The molecule has 3 aromatic rings. The Morgan fingerprint density at radius 3 is 2.62 bits per heavy atom. The lowest BCUT2D eigenvalue weighted by Crippen LogP contribution is -2.02. The number of carbonyl (C=O) groups is 2. The van der Waals surface area contributed by atoms with Crippen LogP contribution in [0.25, 0.3) is 10.1 Å². The number of hydrogen-bond acceptors (Lipinski definition) is 5. The number of hydrogen-bond donors (Lipinski definition) is 0. The molecule has 0 radical (unpaired) electrons. The molecule has 0 aliphatic carbocycles. The number of esters is 1. The molecule has 0 spiro atoms. The third kappa shape index (κ3) is 2.89. The van der Waals surface area contributed by atoms with Crippen molar-refractivity contribution in [2.75, 3.05) is 7.11 Å². The van der Waals surface area contributed by atoms with Crippen LogP contribution < -0.4 is 0 Å². The van der Waals surface area contributed by atoms with Crippen LogP contribution in [0.5, 0.6) is 0 Å². The summed E-state index contributed by atoms with van der Waals surface area (Å²) in [5, 5.41) is 1.08. The van der Waals surface area contributed by atoms with Gasteiger partial charge in [-0.3, -0.25) is 9.59 Å². The van der Waals surface area contributed by atoms with Crippen LogP contribution in [0.1, 0.15) is 19.4 Å². The van der Waals surface area contributed by atoms with Crippen molar-refractivity contribution in [3.63, 3.8) is 0 Å². The van der Waals surface area contributed by atoms with Crippen LogP contribution in [0, 0.1) is 0 Å². The lowest BCUT2D eigenvalue weighted by atomic mass is 10.2. The smallest absolute Gasteiger partial charge is 0.310 e. The monoisotopic (exact) mass is 316 g/mol. The van der Waals surface area contributed by atoms with E-state index in [9.17, 15) is 9.59 Å². The zero-order chi connectivity index (χ0) is 14.8. The highest BCUT2D eigenvalue weighted by molar-refractivity contribution is 7.22. The molecule has 0 fully saturated rings. The van der Waals surface area contributed by atoms with Crippen molar-refractivity contribution in [3.8, 4) is 0 Å². The molecule has 0 saturated heterocycles. The van der Waals surface area contributed by atoms with Crippen LogP contribution in [0.15, 0.2) is 42.5 Å². The fraction of sp³-hybridized carbons (Fsp3) is 0.125. The molecule has 1 aromatic carbocycles. The third-order valence-electron chi connectivity index (χ3n) is 3.08. The van der Waals surface area contributed by atoms with Gasteiger partial charge in [-0.25, -0.2) is 0 Å². The van der Waals surface area contributed by atoms with E-state index in [1.165, 1.54) is 29.8 Å². The van der Waals surface area contributed by atoms with Crippen molar-refractivity contribution in [1.29, 1.82) is 0 Å². The van der Waals surface area contributed by atoms with Gasteiger partial charge < -0.3 is 4.74 Å². The fourth-order valence-corrected chi connectivity index (χ4v) is 4.05. The summed E-state index contributed by atoms with van der Waals surface area (Å²) < 4.78 is 5.74. The van der Waals surface area contributed by atoms with Crippen LogP contribution in [0.2, 0.25) is 0 Å². The van der Waals surface area contributed by atoms with Gasteiger partial charge in [-0.15, -0.1) is 22.7 Å². The highest BCUT2D eigenvalue weighted by Gasteiger charge is 2.16. The second-order valence-corrected chi connectivity index (χ2v) is 6.75. The molecule has 0 atom stereocenters. The lowest BCUT2D eigenvalue weighted by molar-refractivity contribution is -0.139. The van der Waals surface area contributed by atoms with Crippen LogP contribution in [-0.4, -0.2) is 18.9 Å². The predicted molar refractivity (Wildman–Crippen MR) is 85.3 cm³/mol. The van der Waals surface area contributed by atoms with Crippen molar-refractivity contribution in [1.82, 2.24) is 0 Å². The Morgan fingerprint density at radius 2 is 1.86 bits per heavy atom. The minimum absolute atomic E-state index is 0.0114. The van der Waals surface area contributed by atoms with Gasteiger partial charge in [0.15, 0.2) is 0 Å². The summed E-state index contributed by atoms with van der Waals surface area (Å²) in [6.45, 7) is 0. The van der Waals surface area contributed by atoms with Crippen molar-refractivity contribution in [2.45, 2.75) is 6.42 Å². The molecule has 0 N–H and O–H groups in total. The van der Waals surface area contributed by atoms with E-state index in [-0.39, 0.29) is 18.2 Å². The van der Waals surface area contributed by atoms with Gasteiger partial charge in [0.2, 0.25) is 5.78 Å². The van der Waals surface area contributed by atoms with E-state index < -0.39 is 0 Å². The minimum Gasteiger partial charge on any atom is -0.469 e. The molecule has 21 heavy (non-hydrogen) atoms. The first-order valence-corrected chi connectivity index (χ1v) is 7.99. The molecule has 3 rings (SSSR count). The van der Waals surface area contributed by atoms with Gasteiger partial charge >= 0.3 is 5.97 Å². The first-order chi connectivity index (χ1) is 10.2. The van der Waals surface area contributed by atoms with Gasteiger partial charge in [-0.1, -0.05) is 18.2 Å². The number of methoxy groups -OCH3 is 1. The predicted octanol–water partition coefficient (Wildman–Crippen LogP) is 3.91. The van der Waals surface area contributed by atoms with Crippen molar-refractivity contribution < 1.29 is 14.3 Å². The number of rotatable bonds is 4. The number of ketones is 1. The highest BCUT2D eigenvalue weighted by Crippen LogP contribution is 2.29. The van der Waals surface area contributed by atoms with Crippen LogP contribution in [-0.2, 0) is 16.0 Å². The standard InChI is InChI=1S/C16H12O3S2/c1-19-15(17)9-11-6-7-13(20-11)16(18)14-8-10-4-2-3-5-12(10)21-14/h2-8H,9H2,1H3. The minimum atomic E-state index is -0.294. The largest absolute Gasteiger partial charge is 0.469 e. The molecular weight excluding hydrogens is 304 g/mol. The van der Waals surface area contributed by atoms with Gasteiger partial charge in [0.25, 0.3) is 0 Å². The summed E-state index contributed by atoms with van der Waals surface area (Å²) in [5.41, 5.74) is 0. The molecule has 0 amide bonds. The second-order valence-electron chi connectivity index (χ2n) is 4.50. The number of fused-ring (bicyclic) bond motifs is 1. The maximum absolute atomic E-state index is 12.5. The first kappa shape index (κ1) is 14.0. The van der Waals surface area contributed by atoms with Gasteiger partial charge in [0, 0.05) is 9.58 Å². The zero-order valence-electron chi connectivity index (χ0n) is 11.3. The molecular formula is C16H12O3S2. The maximum atomic E-state index is 12.5. The molecule has 2 heterocycles. The topological polar surface area (TPSA) is 43.4 Å². The number of thiophene rings is 2. The number of carbonyl (C=O) groups excluding carboxylic acids is 2. The van der Waals surface area contributed by atoms with Crippen LogP contribution >= 0.6 is 22.7 Å². The Kier molecular flexibility index (Phi) is 3.86. The summed E-state index contributed by atoms with van der Waals surface area (Å²) in [4.78, 5) is 26.0. The van der Waals surface area contributed by atoms with E-state index in [1.807, 2.05) is 36.4 Å². The molecule has 0 aliphatic rings. The van der Waals surface area contributed by atoms with Gasteiger partial charge in [-0.2, -0.15) is 0 Å². The molecule has 0 bridgehead atoms. The first-order valence-electron chi connectivity index (χ1n) is 6.36. The Balaban J connectivity index is 1.86. The van der Waals surface area contributed by atoms with Crippen LogP contribution in [0.4, 0.5) is 0 Å². The van der Waals surface area contributed by atoms with E-state index in [0.717, 1.165) is 19.8 Å². The molecule has 3 nitrogen and oxygen atoms in total. The van der Waals surface area contributed by atoms with Gasteiger partial charge in [-0.05, 0) is 29.7 Å². The van der Waals surface area contributed by atoms with E-state index in [0.29, 0.717) is 4.88 Å². The summed E-state index contributed by atoms with van der Waals surface area (Å²) in [5.74, 6) is -0.282. The van der Waals surface area contributed by atoms with Crippen molar-refractivity contribution in [2.24, 2.45) is 0 Å². The lowest BCUT2D eigenvalue weighted by Gasteiger charge is -1.95. The van der Waals surface area contributed by atoms with E-state index in [4.69, 9.17) is 0 Å². The molecule has 106 valence electrons. The van der Waals surface area contributed by atoms with E-state index in [2.05, 4.69) is 4.74 Å². The molecule has 5 heteroatoms. The summed E-state index contributed by atoms with van der Waals surface area (Å²) in [6, 6.07) is 13.4. The van der Waals surface area contributed by atoms with E-state index >= 15 is 0 Å². The summed E-state index contributed by atoms with van der Waals surface area (Å²) in [7, 11) is 1.36. The fourth-order valence-electron chi connectivity index (χ4n) is 2.02. The van der Waals surface area contributed by atoms with Gasteiger partial charge in [0.1, 0.15) is 0 Å². The Bertz CT molecular complexity index is 781.